The van der Waals surface area contributed by atoms with Gasteiger partial charge in [0.15, 0.2) is 11.5 Å². The van der Waals surface area contributed by atoms with Crippen LogP contribution in [0.2, 0.25) is 0 Å². The highest BCUT2D eigenvalue weighted by Crippen LogP contribution is 2.41. The van der Waals surface area contributed by atoms with Crippen LogP contribution in [0.25, 0.3) is 22.8 Å². The smallest absolute Gasteiger partial charge is 0.259 e. The van der Waals surface area contributed by atoms with Crippen LogP contribution in [-0.4, -0.2) is 37.4 Å². The quantitative estimate of drug-likeness (QED) is 0.401. The molecule has 1 aromatic heterocycles. The van der Waals surface area contributed by atoms with E-state index in [1.54, 1.807) is 30.3 Å². The average molecular weight is 460 g/mol. The van der Waals surface area contributed by atoms with Gasteiger partial charge in [0.05, 0.1) is 32.5 Å². The first-order chi connectivity index (χ1) is 16.4. The van der Waals surface area contributed by atoms with E-state index < -0.39 is 0 Å². The molecular weight excluding hydrogens is 434 g/mol. The van der Waals surface area contributed by atoms with Crippen molar-refractivity contribution < 1.29 is 23.5 Å². The fourth-order valence-corrected chi connectivity index (χ4v) is 3.55. The number of benzene rings is 3. The first-order valence-corrected chi connectivity index (χ1v) is 10.6. The van der Waals surface area contributed by atoms with Crippen LogP contribution < -0.4 is 19.5 Å². The minimum absolute atomic E-state index is 0.217. The number of rotatable bonds is 7. The lowest BCUT2D eigenvalue weighted by Gasteiger charge is -2.12. The molecule has 3 aromatic carbocycles. The highest BCUT2D eigenvalue weighted by molar-refractivity contribution is 6.08. The van der Waals surface area contributed by atoms with Crippen LogP contribution in [0.15, 0.2) is 59.1 Å². The maximum Gasteiger partial charge on any atom is 0.259 e. The van der Waals surface area contributed by atoms with Crippen molar-refractivity contribution in [2.24, 2.45) is 0 Å². The molecule has 8 nitrogen and oxygen atoms in total. The number of hydrogen-bond donors (Lipinski definition) is 1. The predicted molar refractivity (Wildman–Crippen MR) is 129 cm³/mol. The van der Waals surface area contributed by atoms with Gasteiger partial charge >= 0.3 is 0 Å². The number of nitrogens with one attached hydrogen (secondary N) is 1. The van der Waals surface area contributed by atoms with Crippen molar-refractivity contribution in [1.29, 1.82) is 0 Å². The Hall–Kier alpha value is -4.33. The molecule has 0 aliphatic rings. The SMILES string of the molecule is COc1cc(-c2noc(-c3ccccc3C(=O)Nc3ccc(C)c(C)c3)n2)cc(OC)c1OC. The van der Waals surface area contributed by atoms with Crippen LogP contribution in [0.3, 0.4) is 0 Å². The summed E-state index contributed by atoms with van der Waals surface area (Å²) in [4.78, 5) is 17.6. The number of aromatic nitrogens is 2. The van der Waals surface area contributed by atoms with E-state index in [9.17, 15) is 4.79 Å². The van der Waals surface area contributed by atoms with Crippen LogP contribution in [0.4, 0.5) is 5.69 Å². The van der Waals surface area contributed by atoms with E-state index in [2.05, 4.69) is 15.5 Å². The zero-order chi connectivity index (χ0) is 24.2. The number of nitrogens with zero attached hydrogens (tertiary/aromatic N) is 2. The van der Waals surface area contributed by atoms with Crippen LogP contribution >= 0.6 is 0 Å². The van der Waals surface area contributed by atoms with E-state index in [-0.39, 0.29) is 11.8 Å². The van der Waals surface area contributed by atoms with Gasteiger partial charge in [-0.2, -0.15) is 4.98 Å². The van der Waals surface area contributed by atoms with Gasteiger partial charge < -0.3 is 24.1 Å². The maximum absolute atomic E-state index is 13.1. The number of aryl methyl sites for hydroxylation is 2. The molecule has 4 rings (SSSR count). The summed E-state index contributed by atoms with van der Waals surface area (Å²) >= 11 is 0. The summed E-state index contributed by atoms with van der Waals surface area (Å²) in [5, 5.41) is 7.05. The summed E-state index contributed by atoms with van der Waals surface area (Å²) < 4.78 is 21.7. The standard InChI is InChI=1S/C26H25N3O5/c1-15-10-11-18(12-16(15)2)27-25(30)19-8-6-7-9-20(19)26-28-24(29-34-26)17-13-21(31-3)23(33-5)22(14-17)32-4/h6-14H,1-5H3,(H,27,30). The van der Waals surface area contributed by atoms with Crippen LogP contribution in [0.1, 0.15) is 21.5 Å². The van der Waals surface area contributed by atoms with Crippen molar-refractivity contribution in [2.45, 2.75) is 13.8 Å². The molecular formula is C26H25N3O5. The minimum Gasteiger partial charge on any atom is -0.493 e. The van der Waals surface area contributed by atoms with Crippen LogP contribution in [-0.2, 0) is 0 Å². The molecule has 1 heterocycles. The second kappa shape index (κ2) is 9.66. The third kappa shape index (κ3) is 4.43. The number of carbonyl (C=O) groups is 1. The van der Waals surface area contributed by atoms with Gasteiger partial charge in [0, 0.05) is 11.3 Å². The third-order valence-corrected chi connectivity index (χ3v) is 5.52. The second-order valence-electron chi connectivity index (χ2n) is 7.64. The predicted octanol–water partition coefficient (Wildman–Crippen LogP) is 5.30. The Morgan fingerprint density at radius 3 is 2.24 bits per heavy atom. The van der Waals surface area contributed by atoms with Gasteiger partial charge in [-0.15, -0.1) is 0 Å². The van der Waals surface area contributed by atoms with E-state index >= 15 is 0 Å². The van der Waals surface area contributed by atoms with Gasteiger partial charge in [0.1, 0.15) is 0 Å². The molecule has 34 heavy (non-hydrogen) atoms. The van der Waals surface area contributed by atoms with Gasteiger partial charge in [-0.25, -0.2) is 0 Å². The zero-order valence-electron chi connectivity index (χ0n) is 19.6. The summed E-state index contributed by atoms with van der Waals surface area (Å²) in [5.74, 6) is 1.66. The molecule has 0 aliphatic heterocycles. The molecule has 1 amide bonds. The summed E-state index contributed by atoms with van der Waals surface area (Å²) in [6.45, 7) is 4.03. The average Bonchev–Trinajstić information content (AvgIpc) is 3.35. The van der Waals surface area contributed by atoms with E-state index in [0.717, 1.165) is 11.1 Å². The molecule has 0 bridgehead atoms. The summed E-state index contributed by atoms with van der Waals surface area (Å²) in [6, 6.07) is 16.3. The van der Waals surface area contributed by atoms with Crippen molar-refractivity contribution >= 4 is 11.6 Å². The fraction of sp³-hybridized carbons (Fsp3) is 0.192. The van der Waals surface area contributed by atoms with Crippen molar-refractivity contribution in [3.05, 3.63) is 71.3 Å². The number of carbonyl (C=O) groups excluding carboxylic acids is 1. The first-order valence-electron chi connectivity index (χ1n) is 10.6. The summed E-state index contributed by atoms with van der Waals surface area (Å²) in [7, 11) is 4.60. The molecule has 4 aromatic rings. The second-order valence-corrected chi connectivity index (χ2v) is 7.64. The molecule has 1 N–H and O–H groups in total. The molecule has 8 heteroatoms. The summed E-state index contributed by atoms with van der Waals surface area (Å²) in [5.41, 5.74) is 4.52. The molecule has 0 aliphatic carbocycles. The van der Waals surface area contributed by atoms with E-state index in [1.165, 1.54) is 21.3 Å². The van der Waals surface area contributed by atoms with Gasteiger partial charge in [-0.1, -0.05) is 23.4 Å². The Balaban J connectivity index is 1.67. The Morgan fingerprint density at radius 2 is 1.59 bits per heavy atom. The molecule has 0 saturated carbocycles. The monoisotopic (exact) mass is 459 g/mol. The van der Waals surface area contributed by atoms with Crippen LogP contribution in [0, 0.1) is 13.8 Å². The molecule has 0 fully saturated rings. The normalized spacial score (nSPS) is 10.6. The van der Waals surface area contributed by atoms with Gasteiger partial charge in [0.25, 0.3) is 11.8 Å². The van der Waals surface area contributed by atoms with E-state index in [1.807, 2.05) is 38.1 Å². The Morgan fingerprint density at radius 1 is 0.882 bits per heavy atom. The van der Waals surface area contributed by atoms with Crippen molar-refractivity contribution in [1.82, 2.24) is 10.1 Å². The first kappa shape index (κ1) is 22.8. The van der Waals surface area contributed by atoms with Crippen molar-refractivity contribution in [2.75, 3.05) is 26.6 Å². The van der Waals surface area contributed by atoms with Crippen molar-refractivity contribution in [3.8, 4) is 40.1 Å². The number of methoxy groups -OCH3 is 3. The Labute approximate surface area is 197 Å². The van der Waals surface area contributed by atoms with Gasteiger partial charge in [0.2, 0.25) is 11.6 Å². The molecule has 174 valence electrons. The number of anilines is 1. The molecule has 0 spiro atoms. The van der Waals surface area contributed by atoms with E-state index in [4.69, 9.17) is 18.7 Å². The summed E-state index contributed by atoms with van der Waals surface area (Å²) in [6.07, 6.45) is 0. The maximum atomic E-state index is 13.1. The Kier molecular flexibility index (Phi) is 6.49. The lowest BCUT2D eigenvalue weighted by Crippen LogP contribution is -2.13. The topological polar surface area (TPSA) is 95.7 Å². The molecule has 0 radical (unpaired) electrons. The highest BCUT2D eigenvalue weighted by Gasteiger charge is 2.21. The molecule has 0 unspecified atom stereocenters. The zero-order valence-corrected chi connectivity index (χ0v) is 19.6. The largest absolute Gasteiger partial charge is 0.493 e. The number of amides is 1. The lowest BCUT2D eigenvalue weighted by molar-refractivity contribution is 0.102. The molecule has 0 saturated heterocycles. The van der Waals surface area contributed by atoms with Crippen LogP contribution in [0.5, 0.6) is 17.2 Å². The van der Waals surface area contributed by atoms with Gasteiger partial charge in [-0.05, 0) is 61.4 Å². The number of hydrogen-bond acceptors (Lipinski definition) is 7. The lowest BCUT2D eigenvalue weighted by atomic mass is 10.1. The third-order valence-electron chi connectivity index (χ3n) is 5.52. The number of ether oxygens (including phenoxy) is 3. The van der Waals surface area contributed by atoms with Crippen molar-refractivity contribution in [3.63, 3.8) is 0 Å². The minimum atomic E-state index is -0.272. The van der Waals surface area contributed by atoms with E-state index in [0.29, 0.717) is 45.5 Å². The fourth-order valence-electron chi connectivity index (χ4n) is 3.55. The Bertz CT molecular complexity index is 1320. The molecule has 0 atom stereocenters. The van der Waals surface area contributed by atoms with Gasteiger partial charge in [-0.3, -0.25) is 4.79 Å². The highest BCUT2D eigenvalue weighted by atomic mass is 16.5.